The van der Waals surface area contributed by atoms with Crippen LogP contribution < -0.4 is 5.32 Å². The number of hydrogen-bond donors (Lipinski definition) is 1. The lowest BCUT2D eigenvalue weighted by Crippen LogP contribution is -2.64. The fourth-order valence-corrected chi connectivity index (χ4v) is 4.06. The van der Waals surface area contributed by atoms with Gasteiger partial charge in [-0.25, -0.2) is 4.98 Å². The Morgan fingerprint density at radius 1 is 1.39 bits per heavy atom. The van der Waals surface area contributed by atoms with Crippen LogP contribution in [-0.4, -0.2) is 33.5 Å². The molecule has 0 unspecified atom stereocenters. The number of rotatable bonds is 5. The third-order valence-electron chi connectivity index (χ3n) is 5.50. The lowest BCUT2D eigenvalue weighted by atomic mass is 9.51. The van der Waals surface area contributed by atoms with Crippen molar-refractivity contribution in [3.8, 4) is 11.4 Å². The molecule has 1 N–H and O–H groups in total. The van der Waals surface area contributed by atoms with Gasteiger partial charge >= 0.3 is 0 Å². The summed E-state index contributed by atoms with van der Waals surface area (Å²) in [5.41, 5.74) is 2.58. The SMILES string of the molecule is CCO[C@@H]1C[C@@H](Nc2cccc(-c3ncn(C)n3)c2)C12CCC2. The zero-order valence-electron chi connectivity index (χ0n) is 13.8. The highest BCUT2D eigenvalue weighted by Gasteiger charge is 2.58. The summed E-state index contributed by atoms with van der Waals surface area (Å²) in [5.74, 6) is 0.773. The quantitative estimate of drug-likeness (QED) is 0.921. The molecule has 0 saturated heterocycles. The zero-order chi connectivity index (χ0) is 15.9. The van der Waals surface area contributed by atoms with E-state index in [9.17, 15) is 0 Å². The molecule has 2 atom stereocenters. The summed E-state index contributed by atoms with van der Waals surface area (Å²) < 4.78 is 7.67. The zero-order valence-corrected chi connectivity index (χ0v) is 13.8. The average Bonchev–Trinajstić information content (AvgIpc) is 2.91. The highest BCUT2D eigenvalue weighted by molar-refractivity contribution is 5.62. The number of ether oxygens (including phenoxy) is 1. The van der Waals surface area contributed by atoms with Gasteiger partial charge in [-0.05, 0) is 38.3 Å². The minimum Gasteiger partial charge on any atom is -0.382 e. The lowest BCUT2D eigenvalue weighted by Gasteiger charge is -2.61. The minimum atomic E-state index is 0.370. The second-order valence-corrected chi connectivity index (χ2v) is 6.79. The number of nitrogens with zero attached hydrogens (tertiary/aromatic N) is 3. The second-order valence-electron chi connectivity index (χ2n) is 6.79. The van der Waals surface area contributed by atoms with Gasteiger partial charge in [0, 0.05) is 36.4 Å². The predicted molar refractivity (Wildman–Crippen MR) is 90.2 cm³/mol. The molecule has 2 saturated carbocycles. The van der Waals surface area contributed by atoms with Crippen LogP contribution in [0.15, 0.2) is 30.6 Å². The minimum absolute atomic E-state index is 0.370. The maximum atomic E-state index is 5.94. The van der Waals surface area contributed by atoms with E-state index in [-0.39, 0.29) is 0 Å². The third kappa shape index (κ3) is 2.43. The Balaban J connectivity index is 1.49. The first-order valence-corrected chi connectivity index (χ1v) is 8.55. The van der Waals surface area contributed by atoms with Crippen molar-refractivity contribution in [3.63, 3.8) is 0 Å². The number of benzene rings is 1. The van der Waals surface area contributed by atoms with E-state index in [1.54, 1.807) is 11.0 Å². The van der Waals surface area contributed by atoms with Gasteiger partial charge in [-0.1, -0.05) is 18.6 Å². The third-order valence-corrected chi connectivity index (χ3v) is 5.50. The molecule has 5 heteroatoms. The number of hydrogen-bond acceptors (Lipinski definition) is 4. The van der Waals surface area contributed by atoms with Crippen molar-refractivity contribution in [1.82, 2.24) is 14.8 Å². The Kier molecular flexibility index (Phi) is 3.60. The van der Waals surface area contributed by atoms with Crippen molar-refractivity contribution in [2.45, 2.75) is 44.8 Å². The standard InChI is InChI=1S/C18H24N4O/c1-3-23-16-11-15(18(16)8-5-9-18)20-14-7-4-6-13(10-14)17-19-12-22(2)21-17/h4,6-7,10,12,15-16,20H,3,5,8-9,11H2,1-2H3/t15-,16-/m1/s1. The van der Waals surface area contributed by atoms with Crippen LogP contribution in [0, 0.1) is 5.41 Å². The van der Waals surface area contributed by atoms with Crippen LogP contribution in [0.5, 0.6) is 0 Å². The van der Waals surface area contributed by atoms with Crippen LogP contribution in [-0.2, 0) is 11.8 Å². The summed E-state index contributed by atoms with van der Waals surface area (Å²) in [6, 6.07) is 8.94. The van der Waals surface area contributed by atoms with E-state index in [1.807, 2.05) is 7.05 Å². The van der Waals surface area contributed by atoms with Gasteiger partial charge in [0.15, 0.2) is 5.82 Å². The normalized spacial score (nSPS) is 25.0. The summed E-state index contributed by atoms with van der Waals surface area (Å²) in [7, 11) is 1.89. The fourth-order valence-electron chi connectivity index (χ4n) is 4.06. The molecule has 23 heavy (non-hydrogen) atoms. The first kappa shape index (κ1) is 14.7. The largest absolute Gasteiger partial charge is 0.382 e. The highest BCUT2D eigenvalue weighted by Crippen LogP contribution is 2.58. The number of aryl methyl sites for hydroxylation is 1. The molecule has 2 fully saturated rings. The first-order valence-electron chi connectivity index (χ1n) is 8.55. The van der Waals surface area contributed by atoms with Gasteiger partial charge in [-0.15, -0.1) is 0 Å². The second kappa shape index (κ2) is 5.64. The molecular formula is C18H24N4O. The first-order chi connectivity index (χ1) is 11.2. The maximum Gasteiger partial charge on any atom is 0.181 e. The molecule has 1 aromatic carbocycles. The topological polar surface area (TPSA) is 52.0 Å². The molecule has 5 nitrogen and oxygen atoms in total. The number of anilines is 1. The van der Waals surface area contributed by atoms with Crippen LogP contribution in [0.25, 0.3) is 11.4 Å². The summed E-state index contributed by atoms with van der Waals surface area (Å²) in [6.07, 6.45) is 7.20. The van der Waals surface area contributed by atoms with Crippen molar-refractivity contribution in [1.29, 1.82) is 0 Å². The molecular weight excluding hydrogens is 288 g/mol. The summed E-state index contributed by atoms with van der Waals surface area (Å²) in [4.78, 5) is 4.34. The van der Waals surface area contributed by atoms with E-state index in [0.717, 1.165) is 30.1 Å². The van der Waals surface area contributed by atoms with Crippen molar-refractivity contribution in [3.05, 3.63) is 30.6 Å². The Hall–Kier alpha value is -1.88. The maximum absolute atomic E-state index is 5.94. The molecule has 122 valence electrons. The van der Waals surface area contributed by atoms with Crippen LogP contribution in [0.2, 0.25) is 0 Å². The molecule has 4 rings (SSSR count). The summed E-state index contributed by atoms with van der Waals surface area (Å²) >= 11 is 0. The fraction of sp³-hybridized carbons (Fsp3) is 0.556. The summed E-state index contributed by atoms with van der Waals surface area (Å²) in [6.45, 7) is 2.91. The van der Waals surface area contributed by atoms with Crippen LogP contribution in [0.3, 0.4) is 0 Å². The van der Waals surface area contributed by atoms with E-state index < -0.39 is 0 Å². The van der Waals surface area contributed by atoms with E-state index in [2.05, 4.69) is 46.6 Å². The van der Waals surface area contributed by atoms with Gasteiger partial charge in [-0.3, -0.25) is 4.68 Å². The molecule has 0 aliphatic heterocycles. The number of aromatic nitrogens is 3. The Morgan fingerprint density at radius 3 is 2.91 bits per heavy atom. The van der Waals surface area contributed by atoms with Gasteiger partial charge in [0.2, 0.25) is 0 Å². The van der Waals surface area contributed by atoms with Gasteiger partial charge in [0.25, 0.3) is 0 Å². The molecule has 1 aromatic heterocycles. The van der Waals surface area contributed by atoms with Crippen LogP contribution >= 0.6 is 0 Å². The molecule has 1 heterocycles. The predicted octanol–water partition coefficient (Wildman–Crippen LogP) is 3.24. The lowest BCUT2D eigenvalue weighted by molar-refractivity contribution is -0.157. The van der Waals surface area contributed by atoms with Crippen LogP contribution in [0.1, 0.15) is 32.6 Å². The summed E-state index contributed by atoms with van der Waals surface area (Å²) in [5, 5.41) is 8.12. The molecule has 2 aromatic rings. The van der Waals surface area contributed by atoms with Gasteiger partial charge in [0.1, 0.15) is 6.33 Å². The average molecular weight is 312 g/mol. The van der Waals surface area contributed by atoms with Crippen molar-refractivity contribution in [2.24, 2.45) is 12.5 Å². The van der Waals surface area contributed by atoms with Crippen molar-refractivity contribution in [2.75, 3.05) is 11.9 Å². The van der Waals surface area contributed by atoms with E-state index in [4.69, 9.17) is 4.74 Å². The molecule has 2 aliphatic carbocycles. The van der Waals surface area contributed by atoms with Crippen molar-refractivity contribution >= 4 is 5.69 Å². The van der Waals surface area contributed by atoms with Crippen molar-refractivity contribution < 1.29 is 4.74 Å². The van der Waals surface area contributed by atoms with Gasteiger partial charge in [0.05, 0.1) is 6.10 Å². The Morgan fingerprint density at radius 2 is 2.26 bits per heavy atom. The Labute approximate surface area is 137 Å². The molecule has 0 bridgehead atoms. The Bertz CT molecular complexity index is 692. The monoisotopic (exact) mass is 312 g/mol. The highest BCUT2D eigenvalue weighted by atomic mass is 16.5. The van der Waals surface area contributed by atoms with E-state index in [1.165, 1.54) is 19.3 Å². The van der Waals surface area contributed by atoms with E-state index >= 15 is 0 Å². The molecule has 2 aliphatic rings. The smallest absolute Gasteiger partial charge is 0.181 e. The van der Waals surface area contributed by atoms with Gasteiger partial charge < -0.3 is 10.1 Å². The molecule has 0 amide bonds. The molecule has 0 radical (unpaired) electrons. The molecule has 1 spiro atoms. The van der Waals surface area contributed by atoms with E-state index in [0.29, 0.717) is 17.6 Å². The van der Waals surface area contributed by atoms with Gasteiger partial charge in [-0.2, -0.15) is 5.10 Å². The number of nitrogens with one attached hydrogen (secondary N) is 1. The van der Waals surface area contributed by atoms with Crippen LogP contribution in [0.4, 0.5) is 5.69 Å².